The van der Waals surface area contributed by atoms with Gasteiger partial charge in [-0.3, -0.25) is 0 Å². The lowest BCUT2D eigenvalue weighted by atomic mass is 10.2. The van der Waals surface area contributed by atoms with Crippen LogP contribution in [0.25, 0.3) is 0 Å². The fourth-order valence-electron chi connectivity index (χ4n) is 1.82. The number of rotatable bonds is 0. The highest BCUT2D eigenvalue weighted by atomic mass is 35.5. The molecule has 0 N–H and O–H groups in total. The van der Waals surface area contributed by atoms with E-state index in [4.69, 9.17) is 34.8 Å². The minimum atomic E-state index is -0.286. The predicted octanol–water partition coefficient (Wildman–Crippen LogP) is 11.5. The second-order valence-corrected chi connectivity index (χ2v) is 7.12. The van der Waals surface area contributed by atoms with Gasteiger partial charge >= 0.3 is 0 Å². The molecule has 0 nitrogen and oxygen atoms in total. The second kappa shape index (κ2) is 22.6. The van der Waals surface area contributed by atoms with Gasteiger partial charge in [0.2, 0.25) is 0 Å². The van der Waals surface area contributed by atoms with E-state index in [9.17, 15) is 4.39 Å². The third-order valence-electron chi connectivity index (χ3n) is 3.54. The van der Waals surface area contributed by atoms with Crippen molar-refractivity contribution in [3.05, 3.63) is 104 Å². The van der Waals surface area contributed by atoms with E-state index in [0.717, 1.165) is 26.7 Å². The van der Waals surface area contributed by atoms with Crippen LogP contribution < -0.4 is 0 Å². The van der Waals surface area contributed by atoms with E-state index in [1.165, 1.54) is 17.7 Å². The quantitative estimate of drug-likeness (QED) is 0.287. The van der Waals surface area contributed by atoms with Gasteiger partial charge in [-0.25, -0.2) is 4.39 Å². The number of aryl methyl sites for hydroxylation is 4. The Morgan fingerprint density at radius 3 is 1.22 bits per heavy atom. The standard InChI is InChI=1S/C8H9Cl.C7H6ClF.C7H7Cl.3C2H6/c1-6-3-4-7(2)8(9)5-6;1-5-2-3-6(9)4-7(5)8;1-6-4-2-3-5-7(6)8;3*1-2/h3-5H,1-2H3;2-4H,1H3;2-5H,1H3;3*1-2H3. The van der Waals surface area contributed by atoms with Gasteiger partial charge in [0, 0.05) is 15.1 Å². The van der Waals surface area contributed by atoms with Gasteiger partial charge in [0.1, 0.15) is 5.82 Å². The monoisotopic (exact) mass is 500 g/mol. The van der Waals surface area contributed by atoms with Crippen molar-refractivity contribution in [2.75, 3.05) is 0 Å². The van der Waals surface area contributed by atoms with Crippen LogP contribution in [0.5, 0.6) is 0 Å². The van der Waals surface area contributed by atoms with E-state index >= 15 is 0 Å². The van der Waals surface area contributed by atoms with Crippen LogP contribution in [0.15, 0.2) is 60.7 Å². The summed E-state index contributed by atoms with van der Waals surface area (Å²) in [7, 11) is 0. The maximum absolute atomic E-state index is 12.3. The molecule has 0 fully saturated rings. The van der Waals surface area contributed by atoms with Crippen LogP contribution in [-0.4, -0.2) is 0 Å². The highest BCUT2D eigenvalue weighted by Gasteiger charge is 1.94. The molecule has 0 amide bonds. The maximum atomic E-state index is 12.3. The molecule has 0 radical (unpaired) electrons. The average Bonchev–Trinajstić information content (AvgIpc) is 2.81. The van der Waals surface area contributed by atoms with E-state index in [2.05, 4.69) is 6.07 Å². The molecule has 0 unspecified atom stereocenters. The zero-order valence-corrected chi connectivity index (χ0v) is 23.6. The van der Waals surface area contributed by atoms with Gasteiger partial charge in [0.25, 0.3) is 0 Å². The molecule has 0 aliphatic carbocycles. The summed E-state index contributed by atoms with van der Waals surface area (Å²) >= 11 is 17.1. The number of benzene rings is 3. The summed E-state index contributed by atoms with van der Waals surface area (Å²) in [6.07, 6.45) is 0. The van der Waals surface area contributed by atoms with E-state index in [0.29, 0.717) is 5.02 Å². The Hall–Kier alpha value is -1.54. The Labute approximate surface area is 211 Å². The Bertz CT molecular complexity index is 775. The Morgan fingerprint density at radius 1 is 0.500 bits per heavy atom. The van der Waals surface area contributed by atoms with Gasteiger partial charge in [0.05, 0.1) is 0 Å². The Balaban J connectivity index is -0.000000353. The average molecular weight is 502 g/mol. The smallest absolute Gasteiger partial charge is 0.124 e. The lowest BCUT2D eigenvalue weighted by Crippen LogP contribution is -1.76. The zero-order valence-electron chi connectivity index (χ0n) is 21.3. The first kappa shape index (κ1) is 35.1. The predicted molar refractivity (Wildman–Crippen MR) is 147 cm³/mol. The molecule has 0 atom stereocenters. The molecule has 0 bridgehead atoms. The second-order valence-electron chi connectivity index (χ2n) is 5.90. The van der Waals surface area contributed by atoms with Crippen molar-refractivity contribution in [1.82, 2.24) is 0 Å². The molecule has 3 rings (SSSR count). The van der Waals surface area contributed by atoms with Gasteiger partial charge in [-0.05, 0) is 74.2 Å². The molecule has 0 aliphatic heterocycles. The van der Waals surface area contributed by atoms with Crippen molar-refractivity contribution in [2.45, 2.75) is 69.2 Å². The molecule has 0 aromatic heterocycles. The summed E-state index contributed by atoms with van der Waals surface area (Å²) in [5.41, 5.74) is 4.39. The van der Waals surface area contributed by atoms with Crippen LogP contribution in [0.1, 0.15) is 63.8 Å². The van der Waals surface area contributed by atoms with E-state index in [1.807, 2.05) is 106 Å². The largest absolute Gasteiger partial charge is 0.207 e. The fourth-order valence-corrected chi connectivity index (χ4v) is 2.35. The van der Waals surface area contributed by atoms with E-state index < -0.39 is 0 Å². The van der Waals surface area contributed by atoms with Crippen molar-refractivity contribution in [3.63, 3.8) is 0 Å². The highest BCUT2D eigenvalue weighted by molar-refractivity contribution is 6.31. The summed E-state index contributed by atoms with van der Waals surface area (Å²) in [6, 6.07) is 18.2. The van der Waals surface area contributed by atoms with Crippen LogP contribution in [0.3, 0.4) is 0 Å². The first-order valence-electron chi connectivity index (χ1n) is 11.1. The van der Waals surface area contributed by atoms with Crippen LogP contribution >= 0.6 is 34.8 Å². The summed E-state index contributed by atoms with van der Waals surface area (Å²) in [6.45, 7) is 19.9. The molecular weight excluding hydrogens is 462 g/mol. The summed E-state index contributed by atoms with van der Waals surface area (Å²) < 4.78 is 12.3. The molecule has 32 heavy (non-hydrogen) atoms. The van der Waals surface area contributed by atoms with Crippen molar-refractivity contribution in [2.24, 2.45) is 0 Å². The Kier molecular flexibility index (Phi) is 24.8. The minimum absolute atomic E-state index is 0.286. The molecular formula is C28H40Cl3F. The first-order chi connectivity index (χ1) is 15.2. The Morgan fingerprint density at radius 2 is 0.906 bits per heavy atom. The number of hydrogen-bond acceptors (Lipinski definition) is 0. The summed E-state index contributed by atoms with van der Waals surface area (Å²) in [5.74, 6) is -0.286. The van der Waals surface area contributed by atoms with E-state index in [1.54, 1.807) is 6.07 Å². The molecule has 3 aromatic rings. The fraction of sp³-hybridized carbons (Fsp3) is 0.357. The van der Waals surface area contributed by atoms with Crippen molar-refractivity contribution >= 4 is 34.8 Å². The van der Waals surface area contributed by atoms with Crippen molar-refractivity contribution in [3.8, 4) is 0 Å². The maximum Gasteiger partial charge on any atom is 0.124 e. The molecule has 0 saturated heterocycles. The molecule has 0 spiro atoms. The first-order valence-corrected chi connectivity index (χ1v) is 12.2. The summed E-state index contributed by atoms with van der Waals surface area (Å²) in [4.78, 5) is 0. The van der Waals surface area contributed by atoms with E-state index in [-0.39, 0.29) is 5.82 Å². The van der Waals surface area contributed by atoms with Crippen molar-refractivity contribution in [1.29, 1.82) is 0 Å². The van der Waals surface area contributed by atoms with Gasteiger partial charge < -0.3 is 0 Å². The molecule has 0 heterocycles. The van der Waals surface area contributed by atoms with Crippen LogP contribution in [0.4, 0.5) is 4.39 Å². The SMILES string of the molecule is CC.CC.CC.Cc1ccc(C)c(Cl)c1.Cc1ccc(F)cc1Cl.Cc1ccccc1Cl. The number of halogens is 4. The normalized spacial score (nSPS) is 8.31. The molecule has 3 aromatic carbocycles. The van der Waals surface area contributed by atoms with Crippen LogP contribution in [0.2, 0.25) is 15.1 Å². The van der Waals surface area contributed by atoms with Crippen LogP contribution in [0, 0.1) is 33.5 Å². The third kappa shape index (κ3) is 17.1. The minimum Gasteiger partial charge on any atom is -0.207 e. The lowest BCUT2D eigenvalue weighted by Gasteiger charge is -1.96. The molecule has 4 heteroatoms. The van der Waals surface area contributed by atoms with Gasteiger partial charge in [-0.15, -0.1) is 0 Å². The van der Waals surface area contributed by atoms with Crippen LogP contribution in [-0.2, 0) is 0 Å². The molecule has 0 aliphatic rings. The van der Waals surface area contributed by atoms with Gasteiger partial charge in [0.15, 0.2) is 0 Å². The highest BCUT2D eigenvalue weighted by Crippen LogP contribution is 2.16. The number of hydrogen-bond donors (Lipinski definition) is 0. The lowest BCUT2D eigenvalue weighted by molar-refractivity contribution is 0.627. The third-order valence-corrected chi connectivity index (χ3v) is 4.78. The summed E-state index contributed by atoms with van der Waals surface area (Å²) in [5, 5.41) is 2.18. The molecule has 180 valence electrons. The van der Waals surface area contributed by atoms with Gasteiger partial charge in [-0.1, -0.05) is 113 Å². The topological polar surface area (TPSA) is 0 Å². The van der Waals surface area contributed by atoms with Crippen molar-refractivity contribution < 1.29 is 4.39 Å². The molecule has 0 saturated carbocycles. The zero-order chi connectivity index (χ0) is 25.7. The van der Waals surface area contributed by atoms with Gasteiger partial charge in [-0.2, -0.15) is 0 Å².